The first-order valence-electron chi connectivity index (χ1n) is 6.43. The molecule has 6 heteroatoms. The first kappa shape index (κ1) is 14.4. The molecule has 0 N–H and O–H groups in total. The second-order valence-corrected chi connectivity index (χ2v) is 4.98. The number of fused-ring (bicyclic) bond motifs is 1. The van der Waals surface area contributed by atoms with Gasteiger partial charge in [0.2, 0.25) is 0 Å². The average molecular weight is 318 g/mol. The van der Waals surface area contributed by atoms with Gasteiger partial charge in [0.25, 0.3) is 0 Å². The van der Waals surface area contributed by atoms with E-state index in [1.807, 2.05) is 0 Å². The molecule has 0 aliphatic carbocycles. The summed E-state index contributed by atoms with van der Waals surface area (Å²) in [5, 5.41) is 1.28. The summed E-state index contributed by atoms with van der Waals surface area (Å²) < 4.78 is 15.8. The highest BCUT2D eigenvalue weighted by Gasteiger charge is 2.10. The van der Waals surface area contributed by atoms with Crippen molar-refractivity contribution in [2.45, 2.75) is 0 Å². The van der Waals surface area contributed by atoms with Crippen LogP contribution in [0.15, 0.2) is 45.7 Å². The van der Waals surface area contributed by atoms with Gasteiger partial charge in [-0.2, -0.15) is 0 Å². The second kappa shape index (κ2) is 5.69. The smallest absolute Gasteiger partial charge is 0.344 e. The molecule has 112 valence electrons. The normalized spacial score (nSPS) is 10.7. The first-order chi connectivity index (χ1) is 10.6. The predicted octanol–water partition coefficient (Wildman–Crippen LogP) is 3.53. The summed E-state index contributed by atoms with van der Waals surface area (Å²) >= 11 is 5.80. The number of aromatic nitrogens is 1. The second-order valence-electron chi connectivity index (χ2n) is 4.59. The summed E-state index contributed by atoms with van der Waals surface area (Å²) in [6, 6.07) is 8.48. The maximum absolute atomic E-state index is 12.1. The van der Waals surface area contributed by atoms with E-state index in [1.54, 1.807) is 38.5 Å². The molecule has 0 radical (unpaired) electrons. The van der Waals surface area contributed by atoms with Gasteiger partial charge in [0.05, 0.1) is 19.6 Å². The van der Waals surface area contributed by atoms with Crippen LogP contribution in [0.2, 0.25) is 5.15 Å². The predicted molar refractivity (Wildman–Crippen MR) is 83.8 cm³/mol. The number of hydrogen-bond donors (Lipinski definition) is 0. The van der Waals surface area contributed by atoms with E-state index in [2.05, 4.69) is 4.98 Å². The molecule has 1 aromatic carbocycles. The summed E-state index contributed by atoms with van der Waals surface area (Å²) in [6.45, 7) is 0. The molecular formula is C16H12ClNO4. The minimum Gasteiger partial charge on any atom is -0.497 e. The van der Waals surface area contributed by atoms with E-state index in [-0.39, 0.29) is 5.15 Å². The van der Waals surface area contributed by atoms with Crippen molar-refractivity contribution in [1.29, 1.82) is 0 Å². The van der Waals surface area contributed by atoms with Crippen LogP contribution in [0.1, 0.15) is 0 Å². The van der Waals surface area contributed by atoms with Gasteiger partial charge in [-0.1, -0.05) is 11.6 Å². The third-order valence-electron chi connectivity index (χ3n) is 3.25. The molecule has 0 amide bonds. The zero-order valence-corrected chi connectivity index (χ0v) is 12.7. The van der Waals surface area contributed by atoms with Crippen LogP contribution in [-0.2, 0) is 0 Å². The topological polar surface area (TPSA) is 61.6 Å². The summed E-state index contributed by atoms with van der Waals surface area (Å²) in [5.74, 6) is 1.61. The van der Waals surface area contributed by atoms with Crippen LogP contribution < -0.4 is 15.1 Å². The molecule has 3 rings (SSSR count). The van der Waals surface area contributed by atoms with Gasteiger partial charge >= 0.3 is 5.63 Å². The summed E-state index contributed by atoms with van der Waals surface area (Å²) in [7, 11) is 3.11. The Morgan fingerprint density at radius 1 is 1.05 bits per heavy atom. The lowest BCUT2D eigenvalue weighted by Gasteiger charge is -2.08. The number of rotatable bonds is 3. The minimum absolute atomic E-state index is 0.246. The van der Waals surface area contributed by atoms with E-state index in [4.69, 9.17) is 25.5 Å². The summed E-state index contributed by atoms with van der Waals surface area (Å²) in [4.78, 5) is 16.1. The third-order valence-corrected chi connectivity index (χ3v) is 3.45. The molecule has 0 unspecified atom stereocenters. The van der Waals surface area contributed by atoms with Crippen LogP contribution in [0.5, 0.6) is 11.5 Å². The number of ether oxygens (including phenoxy) is 2. The maximum atomic E-state index is 12.1. The number of pyridine rings is 1. The molecule has 3 aromatic rings. The van der Waals surface area contributed by atoms with Gasteiger partial charge in [-0.25, -0.2) is 9.78 Å². The molecule has 2 aromatic heterocycles. The standard InChI is InChI=1S/C16H12ClNO4/c1-20-11-3-9(4-12(6-11)21-2)14-5-10-8-18-15(17)7-13(10)16(19)22-14/h3-8H,1-2H3. The summed E-state index contributed by atoms with van der Waals surface area (Å²) in [6.07, 6.45) is 1.54. The van der Waals surface area contributed by atoms with Crippen molar-refractivity contribution in [2.75, 3.05) is 14.2 Å². The van der Waals surface area contributed by atoms with Crippen molar-refractivity contribution in [2.24, 2.45) is 0 Å². The van der Waals surface area contributed by atoms with E-state index in [1.165, 1.54) is 12.3 Å². The number of methoxy groups -OCH3 is 2. The zero-order valence-electron chi connectivity index (χ0n) is 11.9. The van der Waals surface area contributed by atoms with Crippen LogP contribution in [0.25, 0.3) is 22.1 Å². The van der Waals surface area contributed by atoms with Crippen LogP contribution >= 0.6 is 11.6 Å². The highest BCUT2D eigenvalue weighted by atomic mass is 35.5. The van der Waals surface area contributed by atoms with Crippen LogP contribution in [-0.4, -0.2) is 19.2 Å². The van der Waals surface area contributed by atoms with Crippen LogP contribution in [0.3, 0.4) is 0 Å². The average Bonchev–Trinajstić information content (AvgIpc) is 2.54. The zero-order chi connectivity index (χ0) is 15.7. The number of halogens is 1. The first-order valence-corrected chi connectivity index (χ1v) is 6.81. The molecule has 0 aliphatic rings. The van der Waals surface area contributed by atoms with Crippen molar-refractivity contribution in [3.63, 3.8) is 0 Å². The monoisotopic (exact) mass is 317 g/mol. The van der Waals surface area contributed by atoms with Crippen molar-refractivity contribution in [3.8, 4) is 22.8 Å². The fourth-order valence-corrected chi connectivity index (χ4v) is 2.31. The Hall–Kier alpha value is -2.53. The molecule has 0 bridgehead atoms. The Bertz CT molecular complexity index is 882. The van der Waals surface area contributed by atoms with Gasteiger partial charge in [0, 0.05) is 23.2 Å². The third kappa shape index (κ3) is 2.63. The molecule has 5 nitrogen and oxygen atoms in total. The van der Waals surface area contributed by atoms with Crippen molar-refractivity contribution >= 4 is 22.4 Å². The SMILES string of the molecule is COc1cc(OC)cc(-c2cc3cnc(Cl)cc3c(=O)o2)c1. The van der Waals surface area contributed by atoms with Crippen molar-refractivity contribution in [1.82, 2.24) is 4.98 Å². The van der Waals surface area contributed by atoms with Gasteiger partial charge in [0.15, 0.2) is 0 Å². The highest BCUT2D eigenvalue weighted by molar-refractivity contribution is 6.30. The van der Waals surface area contributed by atoms with Gasteiger partial charge in [-0.3, -0.25) is 0 Å². The molecule has 0 saturated carbocycles. The maximum Gasteiger partial charge on any atom is 0.344 e. The number of benzene rings is 1. The van der Waals surface area contributed by atoms with Crippen molar-refractivity contribution in [3.05, 3.63) is 52.1 Å². The quantitative estimate of drug-likeness (QED) is 0.692. The van der Waals surface area contributed by atoms with Gasteiger partial charge in [-0.05, 0) is 24.3 Å². The summed E-state index contributed by atoms with van der Waals surface area (Å²) in [5.41, 5.74) is 0.198. The molecule has 2 heterocycles. The van der Waals surface area contributed by atoms with Gasteiger partial charge in [0.1, 0.15) is 22.4 Å². The van der Waals surface area contributed by atoms with Crippen LogP contribution in [0, 0.1) is 0 Å². The fourth-order valence-electron chi connectivity index (χ4n) is 2.15. The number of nitrogens with zero attached hydrogens (tertiary/aromatic N) is 1. The molecule has 0 saturated heterocycles. The lowest BCUT2D eigenvalue weighted by atomic mass is 10.1. The molecular weight excluding hydrogens is 306 g/mol. The molecule has 0 fully saturated rings. The van der Waals surface area contributed by atoms with E-state index in [9.17, 15) is 4.79 Å². The lowest BCUT2D eigenvalue weighted by molar-refractivity contribution is 0.394. The lowest BCUT2D eigenvalue weighted by Crippen LogP contribution is -2.01. The molecule has 0 atom stereocenters. The Labute approximate surface area is 131 Å². The van der Waals surface area contributed by atoms with Crippen molar-refractivity contribution < 1.29 is 13.9 Å². The minimum atomic E-state index is -0.474. The van der Waals surface area contributed by atoms with E-state index in [0.29, 0.717) is 33.6 Å². The molecule has 0 aliphatic heterocycles. The Balaban J connectivity index is 2.22. The highest BCUT2D eigenvalue weighted by Crippen LogP contribution is 2.30. The molecule has 0 spiro atoms. The van der Waals surface area contributed by atoms with E-state index < -0.39 is 5.63 Å². The fraction of sp³-hybridized carbons (Fsp3) is 0.125. The largest absolute Gasteiger partial charge is 0.497 e. The van der Waals surface area contributed by atoms with Gasteiger partial charge in [-0.15, -0.1) is 0 Å². The van der Waals surface area contributed by atoms with Crippen LogP contribution in [0.4, 0.5) is 0 Å². The van der Waals surface area contributed by atoms with Gasteiger partial charge < -0.3 is 13.9 Å². The Morgan fingerprint density at radius 2 is 1.73 bits per heavy atom. The van der Waals surface area contributed by atoms with E-state index >= 15 is 0 Å². The molecule has 22 heavy (non-hydrogen) atoms. The number of hydrogen-bond acceptors (Lipinski definition) is 5. The Morgan fingerprint density at radius 3 is 2.36 bits per heavy atom. The Kier molecular flexibility index (Phi) is 3.73. The van der Waals surface area contributed by atoms with E-state index in [0.717, 1.165) is 0 Å².